The van der Waals surface area contributed by atoms with Gasteiger partial charge >= 0.3 is 18.3 Å². The Morgan fingerprint density at radius 3 is 1.69 bits per heavy atom. The van der Waals surface area contributed by atoms with Crippen molar-refractivity contribution in [3.05, 3.63) is 154 Å². The van der Waals surface area contributed by atoms with Crippen LogP contribution >= 0.6 is 0 Å². The number of azide groups is 1. The van der Waals surface area contributed by atoms with Crippen molar-refractivity contribution in [2.45, 2.75) is 107 Å². The lowest BCUT2D eigenvalue weighted by molar-refractivity contribution is -0.269. The number of aliphatic hydroxyl groups excluding tert-OH is 3. The van der Waals surface area contributed by atoms with Crippen LogP contribution in [0.1, 0.15) is 42.0 Å². The van der Waals surface area contributed by atoms with Gasteiger partial charge in [-0.1, -0.05) is 126 Å². The van der Waals surface area contributed by atoms with E-state index in [0.29, 0.717) is 17.5 Å². The Balaban J connectivity index is 1.21. The molecule has 4 aromatic rings. The van der Waals surface area contributed by atoms with E-state index in [1.165, 1.54) is 4.90 Å². The lowest BCUT2D eigenvalue weighted by Crippen LogP contribution is -2.73. The van der Waals surface area contributed by atoms with Gasteiger partial charge in [-0.2, -0.15) is 0 Å². The summed E-state index contributed by atoms with van der Waals surface area (Å²) in [6.07, 6.45) is -11.4. The highest BCUT2D eigenvalue weighted by Crippen LogP contribution is 2.33. The Morgan fingerprint density at radius 1 is 0.705 bits per heavy atom. The van der Waals surface area contributed by atoms with Gasteiger partial charge < -0.3 is 49.6 Å². The number of rotatable bonds is 15. The van der Waals surface area contributed by atoms with Gasteiger partial charge in [-0.25, -0.2) is 14.4 Å². The van der Waals surface area contributed by atoms with Gasteiger partial charge in [-0.05, 0) is 47.6 Å². The summed E-state index contributed by atoms with van der Waals surface area (Å²) in [6.45, 7) is 1.71. The van der Waals surface area contributed by atoms with Crippen molar-refractivity contribution in [3.63, 3.8) is 0 Å². The Hall–Kier alpha value is -6.20. The number of benzene rings is 4. The predicted octanol–water partition coefficient (Wildman–Crippen LogP) is 5.47. The standard InChI is InChI=1S/C44H50N6O11/c1-28(50(24-29-14-6-2-7-15-29)44(56)59-27-32-20-12-5-13-21-32)34-23-22-33(48-49-45)41(60-34)61-40-36(47-43(55)58-26-31-18-10-4-11-19-31)37(51)35(38(52)39(40)53)46-42(54)57-25-30-16-8-3-9-17-30/h2-21,28,33-41,51-53H,22-27H2,1H3,(H,46,54)(H,47,55)/t28-,33+,34-,35+,36-,37+,38-,39+,40+,41+/m0/s1. The summed E-state index contributed by atoms with van der Waals surface area (Å²) in [5.74, 6) is 0. The number of carbonyl (C=O) groups excluding carboxylic acids is 3. The Labute approximate surface area is 352 Å². The summed E-state index contributed by atoms with van der Waals surface area (Å²) in [5, 5.41) is 43.6. The molecular weight excluding hydrogens is 789 g/mol. The van der Waals surface area contributed by atoms with E-state index in [4.69, 9.17) is 23.7 Å². The van der Waals surface area contributed by atoms with Gasteiger partial charge in [0.2, 0.25) is 0 Å². The summed E-state index contributed by atoms with van der Waals surface area (Å²) < 4.78 is 29.2. The molecule has 1 aliphatic carbocycles. The minimum absolute atomic E-state index is 0.0287. The fourth-order valence-electron chi connectivity index (χ4n) is 7.32. The molecule has 1 saturated carbocycles. The summed E-state index contributed by atoms with van der Waals surface area (Å²) in [5.41, 5.74) is 12.5. The van der Waals surface area contributed by atoms with Crippen LogP contribution in [0.2, 0.25) is 0 Å². The van der Waals surface area contributed by atoms with Crippen LogP contribution in [0.15, 0.2) is 126 Å². The van der Waals surface area contributed by atoms with Crippen molar-refractivity contribution >= 4 is 18.3 Å². The normalized spacial score (nSPS) is 25.1. The second-order valence-corrected chi connectivity index (χ2v) is 14.8. The van der Waals surface area contributed by atoms with Crippen molar-refractivity contribution in [1.29, 1.82) is 0 Å². The van der Waals surface area contributed by atoms with Gasteiger partial charge in [0.05, 0.1) is 36.4 Å². The zero-order chi connectivity index (χ0) is 43.1. The topological polar surface area (TPSA) is 234 Å². The maximum Gasteiger partial charge on any atom is 0.410 e. The summed E-state index contributed by atoms with van der Waals surface area (Å²) in [6, 6.07) is 31.5. The molecule has 6 rings (SSSR count). The molecule has 322 valence electrons. The van der Waals surface area contributed by atoms with Crippen molar-refractivity contribution < 1.29 is 53.4 Å². The number of hydrogen-bond acceptors (Lipinski definition) is 12. The molecule has 5 N–H and O–H groups in total. The minimum Gasteiger partial charge on any atom is -0.445 e. The molecule has 0 aromatic heterocycles. The van der Waals surface area contributed by atoms with Gasteiger partial charge in [-0.3, -0.25) is 4.90 Å². The lowest BCUT2D eigenvalue weighted by atomic mass is 9.81. The van der Waals surface area contributed by atoms with Gasteiger partial charge in [0, 0.05) is 11.5 Å². The monoisotopic (exact) mass is 838 g/mol. The lowest BCUT2D eigenvalue weighted by Gasteiger charge is -2.48. The molecule has 1 saturated heterocycles. The van der Waals surface area contributed by atoms with E-state index in [0.717, 1.165) is 11.1 Å². The third-order valence-electron chi connectivity index (χ3n) is 10.7. The average molecular weight is 839 g/mol. The van der Waals surface area contributed by atoms with E-state index in [1.807, 2.05) is 60.7 Å². The maximum absolute atomic E-state index is 13.8. The number of amides is 3. The zero-order valence-corrected chi connectivity index (χ0v) is 33.5. The molecule has 2 fully saturated rings. The van der Waals surface area contributed by atoms with Gasteiger partial charge in [0.1, 0.15) is 38.1 Å². The molecule has 3 amide bonds. The number of nitrogens with zero attached hydrogens (tertiary/aromatic N) is 4. The van der Waals surface area contributed by atoms with Gasteiger partial charge in [0.15, 0.2) is 6.29 Å². The molecule has 61 heavy (non-hydrogen) atoms. The number of hydrogen-bond donors (Lipinski definition) is 5. The highest BCUT2D eigenvalue weighted by Gasteiger charge is 2.53. The first-order chi connectivity index (χ1) is 29.6. The molecule has 1 aliphatic heterocycles. The molecule has 17 heteroatoms. The molecule has 1 heterocycles. The molecule has 0 spiro atoms. The maximum atomic E-state index is 13.8. The first-order valence-corrected chi connectivity index (χ1v) is 20.0. The highest BCUT2D eigenvalue weighted by atomic mass is 16.7. The highest BCUT2D eigenvalue weighted by molar-refractivity contribution is 5.69. The summed E-state index contributed by atoms with van der Waals surface area (Å²) >= 11 is 0. The van der Waals surface area contributed by atoms with E-state index in [2.05, 4.69) is 20.7 Å². The molecule has 2 aliphatic rings. The van der Waals surface area contributed by atoms with E-state index in [9.17, 15) is 35.2 Å². The first-order valence-electron chi connectivity index (χ1n) is 20.0. The molecule has 10 atom stereocenters. The molecule has 0 bridgehead atoms. The van der Waals surface area contributed by atoms with Gasteiger partial charge in [0.25, 0.3) is 0 Å². The third kappa shape index (κ3) is 12.2. The fourth-order valence-corrected chi connectivity index (χ4v) is 7.32. The Kier molecular flexibility index (Phi) is 15.9. The SMILES string of the molecule is C[C@@H]([C@@H]1CC[C@@H](N=[N+]=[N-])[C@@H](O[C@H]2[C@H](O)[C@@H](O)[C@H](NC(=O)OCc3ccccc3)[C@@H](O)[C@@H]2NC(=O)OCc2ccccc2)O1)N(Cc1ccccc1)C(=O)OCc1ccccc1. The average Bonchev–Trinajstić information content (AvgIpc) is 3.29. The van der Waals surface area contributed by atoms with Crippen LogP contribution < -0.4 is 10.6 Å². The first kappa shape index (κ1) is 44.4. The fraction of sp³-hybridized carbons (Fsp3) is 0.386. The predicted molar refractivity (Wildman–Crippen MR) is 219 cm³/mol. The largest absolute Gasteiger partial charge is 0.445 e. The number of alkyl carbamates (subject to hydrolysis) is 2. The molecular formula is C44H50N6O11. The van der Waals surface area contributed by atoms with Gasteiger partial charge in [-0.15, -0.1) is 0 Å². The second kappa shape index (κ2) is 21.9. The zero-order valence-electron chi connectivity index (χ0n) is 33.5. The van der Waals surface area contributed by atoms with Crippen LogP contribution in [0.4, 0.5) is 14.4 Å². The Morgan fingerprint density at radius 2 is 1.18 bits per heavy atom. The number of carbonyl (C=O) groups is 3. The molecule has 4 aromatic carbocycles. The van der Waals surface area contributed by atoms with Crippen molar-refractivity contribution in [3.8, 4) is 0 Å². The number of ether oxygens (including phenoxy) is 5. The quantitative estimate of drug-likeness (QED) is 0.0436. The van der Waals surface area contributed by atoms with Crippen LogP contribution in [-0.2, 0) is 50.0 Å². The van der Waals surface area contributed by atoms with E-state index in [-0.39, 0.29) is 32.8 Å². The van der Waals surface area contributed by atoms with Crippen LogP contribution in [0, 0.1) is 0 Å². The minimum atomic E-state index is -1.88. The number of nitrogens with one attached hydrogen (secondary N) is 2. The van der Waals surface area contributed by atoms with Crippen LogP contribution in [0.5, 0.6) is 0 Å². The van der Waals surface area contributed by atoms with Crippen molar-refractivity contribution in [2.75, 3.05) is 0 Å². The number of aliphatic hydroxyl groups is 3. The molecule has 0 radical (unpaired) electrons. The van der Waals surface area contributed by atoms with Crippen LogP contribution in [-0.4, -0.2) is 99.5 Å². The Bertz CT molecular complexity index is 2050. The second-order valence-electron chi connectivity index (χ2n) is 14.8. The summed E-state index contributed by atoms with van der Waals surface area (Å²) in [7, 11) is 0. The van der Waals surface area contributed by atoms with Crippen LogP contribution in [0.25, 0.3) is 10.4 Å². The molecule has 17 nitrogen and oxygen atoms in total. The van der Waals surface area contributed by atoms with Crippen LogP contribution in [0.3, 0.4) is 0 Å². The van der Waals surface area contributed by atoms with Crippen molar-refractivity contribution in [1.82, 2.24) is 15.5 Å². The van der Waals surface area contributed by atoms with E-state index in [1.54, 1.807) is 67.6 Å². The smallest absolute Gasteiger partial charge is 0.410 e. The third-order valence-corrected chi connectivity index (χ3v) is 10.7. The summed E-state index contributed by atoms with van der Waals surface area (Å²) in [4.78, 5) is 44.5. The van der Waals surface area contributed by atoms with E-state index >= 15 is 0 Å². The molecule has 0 unspecified atom stereocenters. The van der Waals surface area contributed by atoms with Crippen molar-refractivity contribution in [2.24, 2.45) is 5.11 Å². The van der Waals surface area contributed by atoms with E-state index < -0.39 is 79.3 Å².